The Kier molecular flexibility index (Phi) is 3.04. The summed E-state index contributed by atoms with van der Waals surface area (Å²) >= 11 is 8.19. The van der Waals surface area contributed by atoms with Gasteiger partial charge in [-0.2, -0.15) is 5.10 Å². The molecule has 16 heavy (non-hydrogen) atoms. The number of aromatic nitrogens is 2. The van der Waals surface area contributed by atoms with Crippen LogP contribution in [0.3, 0.4) is 0 Å². The van der Waals surface area contributed by atoms with E-state index >= 15 is 0 Å². The first-order valence-corrected chi connectivity index (χ1v) is 6.77. The zero-order valence-electron chi connectivity index (χ0n) is 9.92. The van der Waals surface area contributed by atoms with Crippen LogP contribution in [-0.4, -0.2) is 21.0 Å². The van der Waals surface area contributed by atoms with Gasteiger partial charge in [-0.1, -0.05) is 11.6 Å². The van der Waals surface area contributed by atoms with Crippen molar-refractivity contribution in [1.82, 2.24) is 9.78 Å². The van der Waals surface area contributed by atoms with Gasteiger partial charge < -0.3 is 4.74 Å². The first-order chi connectivity index (χ1) is 7.21. The van der Waals surface area contributed by atoms with Gasteiger partial charge in [0.25, 0.3) is 0 Å². The van der Waals surface area contributed by atoms with Crippen LogP contribution in [0.1, 0.15) is 40.2 Å². The minimum absolute atomic E-state index is 0.0992. The first kappa shape index (κ1) is 12.6. The van der Waals surface area contributed by atoms with Crippen molar-refractivity contribution in [2.45, 2.75) is 51.4 Å². The highest BCUT2D eigenvalue weighted by molar-refractivity contribution is 14.1. The van der Waals surface area contributed by atoms with E-state index in [0.717, 1.165) is 10.1 Å². The van der Waals surface area contributed by atoms with Gasteiger partial charge in [0.1, 0.15) is 3.70 Å². The molecule has 0 radical (unpaired) electrons. The van der Waals surface area contributed by atoms with E-state index in [-0.39, 0.29) is 17.2 Å². The van der Waals surface area contributed by atoms with Crippen molar-refractivity contribution in [3.8, 4) is 0 Å². The fourth-order valence-corrected chi connectivity index (χ4v) is 2.98. The van der Waals surface area contributed by atoms with Crippen LogP contribution in [0, 0.1) is 3.70 Å². The molecule has 0 aliphatic carbocycles. The highest BCUT2D eigenvalue weighted by atomic mass is 127. The van der Waals surface area contributed by atoms with Crippen LogP contribution in [0.15, 0.2) is 6.20 Å². The molecule has 0 saturated carbocycles. The summed E-state index contributed by atoms with van der Waals surface area (Å²) < 4.78 is 8.84. The van der Waals surface area contributed by atoms with Gasteiger partial charge in [0.05, 0.1) is 22.3 Å². The Morgan fingerprint density at radius 2 is 2.12 bits per heavy atom. The Hall–Kier alpha value is 0.190. The fraction of sp³-hybridized carbons (Fsp3) is 0.727. The third-order valence-electron chi connectivity index (χ3n) is 2.99. The average Bonchev–Trinajstić information content (AvgIpc) is 2.50. The van der Waals surface area contributed by atoms with Gasteiger partial charge in [-0.05, 0) is 50.3 Å². The molecule has 2 heterocycles. The van der Waals surface area contributed by atoms with Crippen LogP contribution in [0.4, 0.5) is 0 Å². The van der Waals surface area contributed by atoms with E-state index in [0.29, 0.717) is 5.02 Å². The van der Waals surface area contributed by atoms with E-state index in [1.54, 1.807) is 0 Å². The average molecular weight is 355 g/mol. The molecule has 1 aromatic rings. The molecule has 0 aromatic carbocycles. The third kappa shape index (κ3) is 2.24. The number of hydrogen-bond acceptors (Lipinski definition) is 2. The summed E-state index contributed by atoms with van der Waals surface area (Å²) in [5.74, 6) is 0. The lowest BCUT2D eigenvalue weighted by Gasteiger charge is -2.27. The summed E-state index contributed by atoms with van der Waals surface area (Å²) in [5.41, 5.74) is -0.306. The molecule has 1 fully saturated rings. The molecule has 90 valence electrons. The quantitative estimate of drug-likeness (QED) is 0.720. The molecule has 1 aliphatic rings. The number of rotatable bonds is 1. The molecule has 1 saturated heterocycles. The Labute approximate surface area is 115 Å². The van der Waals surface area contributed by atoms with E-state index in [9.17, 15) is 0 Å². The molecule has 1 aromatic heterocycles. The standard InChI is InChI=1S/C11H16ClIN2O/c1-10(2)5-8(11(3,4)16-10)15-6-7(12)9(13)14-15/h6,8H,5H2,1-4H3. The molecular weight excluding hydrogens is 338 g/mol. The normalized spacial score (nSPS) is 27.2. The molecule has 3 nitrogen and oxygen atoms in total. The monoisotopic (exact) mass is 354 g/mol. The number of nitrogens with zero attached hydrogens (tertiary/aromatic N) is 2. The van der Waals surface area contributed by atoms with Crippen LogP contribution in [0.5, 0.6) is 0 Å². The molecule has 1 aliphatic heterocycles. The summed E-state index contributed by atoms with van der Waals surface area (Å²) in [7, 11) is 0. The van der Waals surface area contributed by atoms with Crippen LogP contribution in [0.2, 0.25) is 5.02 Å². The van der Waals surface area contributed by atoms with Crippen LogP contribution >= 0.6 is 34.2 Å². The molecule has 0 spiro atoms. The largest absolute Gasteiger partial charge is 0.367 e. The minimum atomic E-state index is -0.206. The van der Waals surface area contributed by atoms with Crippen molar-refractivity contribution < 1.29 is 4.74 Å². The summed E-state index contributed by atoms with van der Waals surface area (Å²) in [6, 6.07) is 0.239. The lowest BCUT2D eigenvalue weighted by molar-refractivity contribution is -0.0737. The van der Waals surface area contributed by atoms with Gasteiger partial charge in [0, 0.05) is 12.6 Å². The van der Waals surface area contributed by atoms with E-state index in [1.165, 1.54) is 0 Å². The Balaban J connectivity index is 2.34. The second-order valence-corrected chi connectivity index (χ2v) is 6.86. The Morgan fingerprint density at radius 1 is 1.50 bits per heavy atom. The SMILES string of the molecule is CC1(C)CC(n2cc(Cl)c(I)n2)C(C)(C)O1. The minimum Gasteiger partial charge on any atom is -0.367 e. The predicted octanol–water partition coefficient (Wildman–Crippen LogP) is 3.66. The summed E-state index contributed by atoms with van der Waals surface area (Å²) in [5, 5.41) is 5.15. The second-order valence-electron chi connectivity index (χ2n) is 5.43. The van der Waals surface area contributed by atoms with Gasteiger partial charge in [0.2, 0.25) is 0 Å². The molecular formula is C11H16ClIN2O. The zero-order valence-corrected chi connectivity index (χ0v) is 12.8. The lowest BCUT2D eigenvalue weighted by atomic mass is 9.95. The van der Waals surface area contributed by atoms with Crippen molar-refractivity contribution in [3.05, 3.63) is 14.9 Å². The maximum atomic E-state index is 6.05. The van der Waals surface area contributed by atoms with Crippen molar-refractivity contribution in [2.75, 3.05) is 0 Å². The zero-order chi connectivity index (χ0) is 12.1. The van der Waals surface area contributed by atoms with Crippen LogP contribution in [-0.2, 0) is 4.74 Å². The molecule has 0 bridgehead atoms. The summed E-state index contributed by atoms with van der Waals surface area (Å²) in [6.45, 7) is 8.44. The Morgan fingerprint density at radius 3 is 2.50 bits per heavy atom. The molecule has 1 atom stereocenters. The molecule has 0 N–H and O–H groups in total. The molecule has 1 unspecified atom stereocenters. The third-order valence-corrected chi connectivity index (χ3v) is 4.38. The highest BCUT2D eigenvalue weighted by Crippen LogP contribution is 2.44. The van der Waals surface area contributed by atoms with Gasteiger partial charge in [0.15, 0.2) is 0 Å². The fourth-order valence-electron chi connectivity index (χ4n) is 2.45. The summed E-state index contributed by atoms with van der Waals surface area (Å²) in [4.78, 5) is 0. The smallest absolute Gasteiger partial charge is 0.141 e. The van der Waals surface area contributed by atoms with Gasteiger partial charge in [-0.15, -0.1) is 0 Å². The molecule has 2 rings (SSSR count). The van der Waals surface area contributed by atoms with E-state index in [1.807, 2.05) is 10.9 Å². The number of ether oxygens (including phenoxy) is 1. The van der Waals surface area contributed by atoms with E-state index < -0.39 is 0 Å². The highest BCUT2D eigenvalue weighted by Gasteiger charge is 2.47. The first-order valence-electron chi connectivity index (χ1n) is 5.32. The van der Waals surface area contributed by atoms with Gasteiger partial charge >= 0.3 is 0 Å². The van der Waals surface area contributed by atoms with Gasteiger partial charge in [-0.3, -0.25) is 4.68 Å². The van der Waals surface area contributed by atoms with Crippen molar-refractivity contribution >= 4 is 34.2 Å². The van der Waals surface area contributed by atoms with E-state index in [4.69, 9.17) is 16.3 Å². The summed E-state index contributed by atoms with van der Waals surface area (Å²) in [6.07, 6.45) is 2.84. The molecule has 5 heteroatoms. The van der Waals surface area contributed by atoms with Crippen LogP contribution < -0.4 is 0 Å². The number of halogens is 2. The predicted molar refractivity (Wildman–Crippen MR) is 72.9 cm³/mol. The maximum absolute atomic E-state index is 6.05. The van der Waals surface area contributed by atoms with Gasteiger partial charge in [-0.25, -0.2) is 0 Å². The van der Waals surface area contributed by atoms with Crippen molar-refractivity contribution in [3.63, 3.8) is 0 Å². The van der Waals surface area contributed by atoms with E-state index in [2.05, 4.69) is 55.4 Å². The lowest BCUT2D eigenvalue weighted by Crippen LogP contribution is -2.31. The second kappa shape index (κ2) is 3.85. The molecule has 0 amide bonds. The van der Waals surface area contributed by atoms with Crippen molar-refractivity contribution in [2.24, 2.45) is 0 Å². The Bertz CT molecular complexity index is 395. The van der Waals surface area contributed by atoms with Crippen molar-refractivity contribution in [1.29, 1.82) is 0 Å². The maximum Gasteiger partial charge on any atom is 0.141 e. The topological polar surface area (TPSA) is 27.1 Å². The van der Waals surface area contributed by atoms with Crippen LogP contribution in [0.25, 0.3) is 0 Å². The number of hydrogen-bond donors (Lipinski definition) is 0.